The van der Waals surface area contributed by atoms with Gasteiger partial charge in [0.25, 0.3) is 0 Å². The molecule has 0 aromatic carbocycles. The summed E-state index contributed by atoms with van der Waals surface area (Å²) in [6, 6.07) is 0.648. The highest BCUT2D eigenvalue weighted by Gasteiger charge is 2.34. The Hall–Kier alpha value is -1.14. The summed E-state index contributed by atoms with van der Waals surface area (Å²) in [6.07, 6.45) is 2.49. The van der Waals surface area contributed by atoms with Crippen molar-refractivity contribution in [3.63, 3.8) is 0 Å². The van der Waals surface area contributed by atoms with Crippen LogP contribution in [-0.4, -0.2) is 52.6 Å². The molecule has 18 heavy (non-hydrogen) atoms. The van der Waals surface area contributed by atoms with E-state index in [9.17, 15) is 0 Å². The summed E-state index contributed by atoms with van der Waals surface area (Å²) >= 11 is 5.83. The molecule has 1 aromatic rings. The Morgan fingerprint density at radius 2 is 2.06 bits per heavy atom. The summed E-state index contributed by atoms with van der Waals surface area (Å²) in [6.45, 7) is 3.48. The number of halogens is 1. The molecule has 3 aliphatic rings. The maximum absolute atomic E-state index is 5.83. The molecule has 1 aromatic heterocycles. The predicted molar refractivity (Wildman–Crippen MR) is 68.0 cm³/mol. The molecule has 0 saturated carbocycles. The van der Waals surface area contributed by atoms with Gasteiger partial charge in [-0.2, -0.15) is 15.0 Å². The molecule has 4 rings (SSSR count). The third-order valence-electron chi connectivity index (χ3n) is 3.74. The van der Waals surface area contributed by atoms with Crippen LogP contribution in [0.5, 0.6) is 6.01 Å². The highest BCUT2D eigenvalue weighted by molar-refractivity contribution is 6.28. The van der Waals surface area contributed by atoms with Gasteiger partial charge in [-0.3, -0.25) is 0 Å². The summed E-state index contributed by atoms with van der Waals surface area (Å²) < 4.78 is 4.99. The molecule has 1 unspecified atom stereocenters. The van der Waals surface area contributed by atoms with Gasteiger partial charge >= 0.3 is 6.01 Å². The number of hydrogen-bond acceptors (Lipinski definition) is 6. The van der Waals surface area contributed by atoms with E-state index in [1.807, 2.05) is 0 Å². The van der Waals surface area contributed by atoms with Crippen LogP contribution in [0.1, 0.15) is 12.8 Å². The molecule has 2 bridgehead atoms. The smallest absolute Gasteiger partial charge is 0.322 e. The van der Waals surface area contributed by atoms with Gasteiger partial charge in [0.15, 0.2) is 0 Å². The second-order valence-electron chi connectivity index (χ2n) is 4.80. The van der Waals surface area contributed by atoms with Gasteiger partial charge in [0.05, 0.1) is 7.11 Å². The SMILES string of the molecule is COc1nc(Cl)nc(NC2CN3CCC2CC3)n1. The van der Waals surface area contributed by atoms with Crippen LogP contribution in [0.3, 0.4) is 0 Å². The van der Waals surface area contributed by atoms with Crippen molar-refractivity contribution in [2.45, 2.75) is 18.9 Å². The molecule has 3 fully saturated rings. The van der Waals surface area contributed by atoms with Crippen molar-refractivity contribution < 1.29 is 4.74 Å². The summed E-state index contributed by atoms with van der Waals surface area (Å²) in [5.74, 6) is 1.21. The van der Waals surface area contributed by atoms with E-state index in [1.54, 1.807) is 0 Å². The molecular weight excluding hydrogens is 254 g/mol. The summed E-state index contributed by atoms with van der Waals surface area (Å²) in [5.41, 5.74) is 0. The van der Waals surface area contributed by atoms with Gasteiger partial charge in [-0.05, 0) is 43.5 Å². The van der Waals surface area contributed by atoms with Crippen LogP contribution in [-0.2, 0) is 0 Å². The van der Waals surface area contributed by atoms with Crippen LogP contribution in [0, 0.1) is 5.92 Å². The van der Waals surface area contributed by atoms with Gasteiger partial charge in [0.1, 0.15) is 0 Å². The quantitative estimate of drug-likeness (QED) is 0.885. The average Bonchev–Trinajstić information content (AvgIpc) is 2.39. The van der Waals surface area contributed by atoms with Crippen molar-refractivity contribution >= 4 is 17.5 Å². The third-order valence-corrected chi connectivity index (χ3v) is 3.91. The fourth-order valence-electron chi connectivity index (χ4n) is 2.78. The van der Waals surface area contributed by atoms with Crippen LogP contribution < -0.4 is 10.1 Å². The van der Waals surface area contributed by atoms with Crippen LogP contribution in [0.2, 0.25) is 5.28 Å². The number of fused-ring (bicyclic) bond motifs is 3. The normalized spacial score (nSPS) is 30.2. The number of nitrogens with one attached hydrogen (secondary N) is 1. The van der Waals surface area contributed by atoms with E-state index < -0.39 is 0 Å². The third kappa shape index (κ3) is 2.35. The predicted octanol–water partition coefficient (Wildman–Crippen LogP) is 1.04. The highest BCUT2D eigenvalue weighted by Crippen LogP contribution is 2.29. The Balaban J connectivity index is 1.74. The number of nitrogens with zero attached hydrogens (tertiary/aromatic N) is 4. The number of hydrogen-bond donors (Lipinski definition) is 1. The Morgan fingerprint density at radius 3 is 2.67 bits per heavy atom. The van der Waals surface area contributed by atoms with Gasteiger partial charge < -0.3 is 15.0 Å². The van der Waals surface area contributed by atoms with E-state index in [0.29, 0.717) is 17.9 Å². The number of rotatable bonds is 3. The van der Waals surface area contributed by atoms with E-state index in [-0.39, 0.29) is 11.3 Å². The fraction of sp³-hybridized carbons (Fsp3) is 0.727. The van der Waals surface area contributed by atoms with Gasteiger partial charge in [-0.15, -0.1) is 0 Å². The number of methoxy groups -OCH3 is 1. The average molecular weight is 270 g/mol. The molecule has 0 radical (unpaired) electrons. The van der Waals surface area contributed by atoms with Gasteiger partial charge in [0, 0.05) is 12.6 Å². The Labute approximate surface area is 111 Å². The van der Waals surface area contributed by atoms with E-state index in [4.69, 9.17) is 16.3 Å². The Morgan fingerprint density at radius 1 is 1.28 bits per heavy atom. The molecular formula is C11H16ClN5O. The van der Waals surface area contributed by atoms with Gasteiger partial charge in [-0.1, -0.05) is 0 Å². The van der Waals surface area contributed by atoms with Crippen LogP contribution in [0.25, 0.3) is 0 Å². The summed E-state index contributed by atoms with van der Waals surface area (Å²) in [4.78, 5) is 14.6. The molecule has 6 nitrogen and oxygen atoms in total. The zero-order chi connectivity index (χ0) is 12.5. The van der Waals surface area contributed by atoms with Crippen molar-refractivity contribution in [1.82, 2.24) is 19.9 Å². The largest absolute Gasteiger partial charge is 0.467 e. The lowest BCUT2D eigenvalue weighted by Crippen LogP contribution is -2.53. The Kier molecular flexibility index (Phi) is 3.22. The highest BCUT2D eigenvalue weighted by atomic mass is 35.5. The molecule has 3 saturated heterocycles. The minimum atomic E-state index is 0.158. The summed E-state index contributed by atoms with van der Waals surface area (Å²) in [5, 5.41) is 3.52. The van der Waals surface area contributed by atoms with Crippen LogP contribution in [0.4, 0.5) is 5.95 Å². The fourth-order valence-corrected chi connectivity index (χ4v) is 2.93. The monoisotopic (exact) mass is 269 g/mol. The van der Waals surface area contributed by atoms with E-state index in [1.165, 1.54) is 33.0 Å². The molecule has 0 spiro atoms. The molecule has 0 amide bonds. The minimum absolute atomic E-state index is 0.158. The van der Waals surface area contributed by atoms with E-state index >= 15 is 0 Å². The Bertz CT molecular complexity index is 435. The van der Waals surface area contributed by atoms with Crippen molar-refractivity contribution in [1.29, 1.82) is 0 Å². The molecule has 3 aliphatic heterocycles. The van der Waals surface area contributed by atoms with Crippen molar-refractivity contribution in [3.05, 3.63) is 5.28 Å². The molecule has 1 N–H and O–H groups in total. The van der Waals surface area contributed by atoms with E-state index in [2.05, 4.69) is 25.2 Å². The number of ether oxygens (including phenoxy) is 1. The second kappa shape index (κ2) is 4.85. The molecule has 1 atom stereocenters. The zero-order valence-corrected chi connectivity index (χ0v) is 11.0. The first-order valence-electron chi connectivity index (χ1n) is 6.19. The lowest BCUT2D eigenvalue weighted by atomic mass is 9.84. The number of piperidine rings is 3. The lowest BCUT2D eigenvalue weighted by molar-refractivity contribution is 0.0971. The number of aromatic nitrogens is 3. The number of anilines is 1. The molecule has 98 valence electrons. The van der Waals surface area contributed by atoms with Crippen molar-refractivity contribution in [2.75, 3.05) is 32.1 Å². The maximum Gasteiger partial charge on any atom is 0.322 e. The minimum Gasteiger partial charge on any atom is -0.467 e. The van der Waals surface area contributed by atoms with E-state index in [0.717, 1.165) is 6.54 Å². The molecule has 0 aliphatic carbocycles. The van der Waals surface area contributed by atoms with Gasteiger partial charge in [-0.25, -0.2) is 0 Å². The first-order chi connectivity index (χ1) is 8.74. The zero-order valence-electron chi connectivity index (χ0n) is 10.3. The van der Waals surface area contributed by atoms with Crippen LogP contribution in [0.15, 0.2) is 0 Å². The van der Waals surface area contributed by atoms with Crippen LogP contribution >= 0.6 is 11.6 Å². The summed E-state index contributed by atoms with van der Waals surface area (Å²) in [7, 11) is 1.52. The lowest BCUT2D eigenvalue weighted by Gasteiger charge is -2.44. The first-order valence-corrected chi connectivity index (χ1v) is 6.57. The van der Waals surface area contributed by atoms with Crippen molar-refractivity contribution in [3.8, 4) is 6.01 Å². The molecule has 7 heteroatoms. The van der Waals surface area contributed by atoms with Gasteiger partial charge in [0.2, 0.25) is 11.2 Å². The first kappa shape index (κ1) is 11.9. The molecule has 4 heterocycles. The topological polar surface area (TPSA) is 63.2 Å². The maximum atomic E-state index is 5.83. The standard InChI is InChI=1S/C11H16ClN5O/c1-18-11-15-9(12)14-10(16-11)13-8-6-17-4-2-7(8)3-5-17/h7-8H,2-6H2,1H3,(H,13,14,15,16). The van der Waals surface area contributed by atoms with Crippen molar-refractivity contribution in [2.24, 2.45) is 5.92 Å². The second-order valence-corrected chi connectivity index (χ2v) is 5.14.